The summed E-state index contributed by atoms with van der Waals surface area (Å²) < 4.78 is 6.03. The van der Waals surface area contributed by atoms with Crippen LogP contribution in [0.25, 0.3) is 0 Å². The number of benzene rings is 1. The molecule has 0 amide bonds. The number of hydrogen-bond donors (Lipinski definition) is 2. The van der Waals surface area contributed by atoms with Gasteiger partial charge >= 0.3 is 0 Å². The third-order valence-electron chi connectivity index (χ3n) is 3.25. The van der Waals surface area contributed by atoms with E-state index in [2.05, 4.69) is 60.8 Å². The Bertz CT molecular complexity index is 554. The standard InChI is InChI=1S/C10H13I.C5H6N2O.ClH/c1-6-5-10(11)9(4)8(3)7(6)2;6-5(7)4-1-2-8-3-4;/h5H,1-4H3;1-3H,(H3,6,7);1H. The summed E-state index contributed by atoms with van der Waals surface area (Å²) in [6, 6.07) is 3.89. The Kier molecular flexibility index (Phi) is 7.90. The van der Waals surface area contributed by atoms with Crippen LogP contribution < -0.4 is 5.73 Å². The number of aryl methyl sites for hydroxylation is 1. The van der Waals surface area contributed by atoms with Gasteiger partial charge in [-0.15, -0.1) is 12.4 Å². The van der Waals surface area contributed by atoms with Crippen LogP contribution in [0.5, 0.6) is 0 Å². The van der Waals surface area contributed by atoms with Crippen LogP contribution in [0.2, 0.25) is 0 Å². The normalized spacial score (nSPS) is 9.25. The number of nitrogens with one attached hydrogen (secondary N) is 1. The van der Waals surface area contributed by atoms with Gasteiger partial charge in [0.25, 0.3) is 0 Å². The minimum Gasteiger partial charge on any atom is -0.472 e. The highest BCUT2D eigenvalue weighted by Gasteiger charge is 2.03. The second-order valence-corrected chi connectivity index (χ2v) is 5.64. The lowest BCUT2D eigenvalue weighted by Gasteiger charge is -2.09. The first kappa shape index (κ1) is 19.0. The van der Waals surface area contributed by atoms with Crippen LogP contribution in [0, 0.1) is 36.7 Å². The Morgan fingerprint density at radius 2 is 1.75 bits per heavy atom. The molecule has 0 atom stereocenters. The highest BCUT2D eigenvalue weighted by Crippen LogP contribution is 2.21. The summed E-state index contributed by atoms with van der Waals surface area (Å²) in [7, 11) is 0. The van der Waals surface area contributed by atoms with E-state index in [0.29, 0.717) is 5.56 Å². The second kappa shape index (κ2) is 8.32. The van der Waals surface area contributed by atoms with Gasteiger partial charge in [-0.1, -0.05) is 0 Å². The van der Waals surface area contributed by atoms with Crippen LogP contribution >= 0.6 is 35.0 Å². The van der Waals surface area contributed by atoms with Crippen LogP contribution in [-0.4, -0.2) is 5.84 Å². The first-order valence-corrected chi connectivity index (χ1v) is 7.02. The molecular weight excluding hydrogens is 387 g/mol. The average Bonchev–Trinajstić information content (AvgIpc) is 2.89. The molecule has 0 bridgehead atoms. The van der Waals surface area contributed by atoms with Crippen LogP contribution in [-0.2, 0) is 0 Å². The molecule has 0 aliphatic carbocycles. The second-order valence-electron chi connectivity index (χ2n) is 4.48. The molecule has 5 heteroatoms. The molecule has 0 spiro atoms. The maximum Gasteiger partial charge on any atom is 0.126 e. The maximum absolute atomic E-state index is 6.87. The van der Waals surface area contributed by atoms with Gasteiger partial charge in [-0.2, -0.15) is 0 Å². The van der Waals surface area contributed by atoms with Crippen molar-refractivity contribution in [3.8, 4) is 0 Å². The van der Waals surface area contributed by atoms with Gasteiger partial charge in [-0.3, -0.25) is 5.41 Å². The van der Waals surface area contributed by atoms with Crippen molar-refractivity contribution in [1.29, 1.82) is 5.41 Å². The predicted octanol–water partition coefficient (Wildman–Crippen LogP) is 4.51. The molecule has 0 saturated heterocycles. The number of halogens is 2. The summed E-state index contributed by atoms with van der Waals surface area (Å²) in [5.74, 6) is 0.0405. The molecule has 2 rings (SSSR count). The molecule has 0 radical (unpaired) electrons. The van der Waals surface area contributed by atoms with Crippen molar-refractivity contribution in [3.05, 3.63) is 56.0 Å². The minimum absolute atomic E-state index is 0. The van der Waals surface area contributed by atoms with Crippen molar-refractivity contribution in [2.75, 3.05) is 0 Å². The smallest absolute Gasteiger partial charge is 0.126 e. The molecular formula is C15H20ClIN2O. The summed E-state index contributed by atoms with van der Waals surface area (Å²) in [5, 5.41) is 6.87. The molecule has 110 valence electrons. The van der Waals surface area contributed by atoms with E-state index in [4.69, 9.17) is 11.1 Å². The molecule has 0 unspecified atom stereocenters. The topological polar surface area (TPSA) is 63.0 Å². The van der Waals surface area contributed by atoms with E-state index in [1.54, 1.807) is 6.07 Å². The van der Waals surface area contributed by atoms with Gasteiger partial charge in [0.05, 0.1) is 11.8 Å². The lowest BCUT2D eigenvalue weighted by atomic mass is 10.0. The fourth-order valence-electron chi connectivity index (χ4n) is 1.58. The van der Waals surface area contributed by atoms with Gasteiger partial charge < -0.3 is 10.2 Å². The van der Waals surface area contributed by atoms with E-state index in [9.17, 15) is 0 Å². The van der Waals surface area contributed by atoms with Crippen molar-refractivity contribution >= 4 is 40.8 Å². The molecule has 0 saturated carbocycles. The van der Waals surface area contributed by atoms with Crippen LogP contribution in [0.3, 0.4) is 0 Å². The van der Waals surface area contributed by atoms with E-state index < -0.39 is 0 Å². The zero-order valence-corrected chi connectivity index (χ0v) is 15.1. The quantitative estimate of drug-likeness (QED) is 0.416. The van der Waals surface area contributed by atoms with E-state index in [1.165, 1.54) is 38.4 Å². The molecule has 20 heavy (non-hydrogen) atoms. The third kappa shape index (κ3) is 4.83. The zero-order chi connectivity index (χ0) is 14.6. The Morgan fingerprint density at radius 3 is 2.15 bits per heavy atom. The summed E-state index contributed by atoms with van der Waals surface area (Å²) in [6.07, 6.45) is 2.92. The van der Waals surface area contributed by atoms with E-state index in [-0.39, 0.29) is 18.2 Å². The molecule has 3 nitrogen and oxygen atoms in total. The molecule has 0 aliphatic rings. The van der Waals surface area contributed by atoms with Gasteiger partial charge in [0.2, 0.25) is 0 Å². The molecule has 1 aromatic carbocycles. The van der Waals surface area contributed by atoms with E-state index in [1.807, 2.05) is 0 Å². The number of furan rings is 1. The molecule has 2 aromatic rings. The third-order valence-corrected chi connectivity index (χ3v) is 4.37. The fraction of sp³-hybridized carbons (Fsp3) is 0.267. The molecule has 0 fully saturated rings. The number of hydrogen-bond acceptors (Lipinski definition) is 2. The summed E-state index contributed by atoms with van der Waals surface area (Å²) in [6.45, 7) is 8.74. The Hall–Kier alpha value is -1.01. The first-order chi connectivity index (χ1) is 8.84. The highest BCUT2D eigenvalue weighted by atomic mass is 127. The van der Waals surface area contributed by atoms with E-state index >= 15 is 0 Å². The fourth-order valence-corrected chi connectivity index (χ4v) is 2.45. The van der Waals surface area contributed by atoms with Gasteiger partial charge in [-0.25, -0.2) is 0 Å². The number of nitrogens with two attached hydrogens (primary N) is 1. The lowest BCUT2D eigenvalue weighted by molar-refractivity contribution is 0.567. The highest BCUT2D eigenvalue weighted by molar-refractivity contribution is 14.1. The van der Waals surface area contributed by atoms with Crippen molar-refractivity contribution in [2.24, 2.45) is 5.73 Å². The SMILES string of the molecule is Cc1cc(I)c(C)c(C)c1C.Cl.N=C(N)c1ccoc1. The molecule has 1 aromatic heterocycles. The monoisotopic (exact) mass is 406 g/mol. The van der Waals surface area contributed by atoms with Crippen molar-refractivity contribution in [1.82, 2.24) is 0 Å². The van der Waals surface area contributed by atoms with Crippen molar-refractivity contribution < 1.29 is 4.42 Å². The molecule has 1 heterocycles. The summed E-state index contributed by atoms with van der Waals surface area (Å²) >= 11 is 2.39. The minimum atomic E-state index is 0. The van der Waals surface area contributed by atoms with Gasteiger partial charge in [-0.05, 0) is 84.7 Å². The first-order valence-electron chi connectivity index (χ1n) is 5.94. The van der Waals surface area contributed by atoms with Gasteiger partial charge in [0.15, 0.2) is 0 Å². The summed E-state index contributed by atoms with van der Waals surface area (Å²) in [4.78, 5) is 0. The van der Waals surface area contributed by atoms with Crippen LogP contribution in [0.15, 0.2) is 29.1 Å². The largest absolute Gasteiger partial charge is 0.472 e. The Balaban J connectivity index is 0.000000359. The van der Waals surface area contributed by atoms with Crippen molar-refractivity contribution in [2.45, 2.75) is 27.7 Å². The predicted molar refractivity (Wildman–Crippen MR) is 95.1 cm³/mol. The Morgan fingerprint density at radius 1 is 1.15 bits per heavy atom. The molecule has 3 N–H and O–H groups in total. The van der Waals surface area contributed by atoms with Crippen LogP contribution in [0.4, 0.5) is 0 Å². The lowest BCUT2D eigenvalue weighted by Crippen LogP contribution is -2.08. The van der Waals surface area contributed by atoms with E-state index in [0.717, 1.165) is 0 Å². The molecule has 0 aliphatic heterocycles. The average molecular weight is 407 g/mol. The number of rotatable bonds is 1. The Labute approximate surface area is 140 Å². The maximum atomic E-state index is 6.87. The zero-order valence-electron chi connectivity index (χ0n) is 12.1. The summed E-state index contributed by atoms with van der Waals surface area (Å²) in [5.41, 5.74) is 11.4. The van der Waals surface area contributed by atoms with Gasteiger partial charge in [0.1, 0.15) is 12.1 Å². The van der Waals surface area contributed by atoms with Crippen LogP contribution in [0.1, 0.15) is 27.8 Å². The number of amidine groups is 1. The number of nitrogen functional groups attached to an aromatic ring is 1. The van der Waals surface area contributed by atoms with Crippen molar-refractivity contribution in [3.63, 3.8) is 0 Å². The van der Waals surface area contributed by atoms with Gasteiger partial charge in [0, 0.05) is 3.57 Å².